The summed E-state index contributed by atoms with van der Waals surface area (Å²) in [4.78, 5) is 11.9. The second kappa shape index (κ2) is 6.02. The summed E-state index contributed by atoms with van der Waals surface area (Å²) < 4.78 is 0. The topological polar surface area (TPSA) is 64.9 Å². The molecule has 0 aromatic heterocycles. The SMILES string of the molecule is N#CCCCNC(=O)C1CC2CCCCC2N1. The summed E-state index contributed by atoms with van der Waals surface area (Å²) in [5.41, 5.74) is 0. The molecule has 1 saturated heterocycles. The summed E-state index contributed by atoms with van der Waals surface area (Å²) >= 11 is 0. The highest BCUT2D eigenvalue weighted by Gasteiger charge is 2.37. The molecule has 2 N–H and O–H groups in total. The zero-order chi connectivity index (χ0) is 12.1. The Bertz CT molecular complexity index is 296. The number of unbranched alkanes of at least 4 members (excludes halogenated alkanes) is 1. The van der Waals surface area contributed by atoms with Gasteiger partial charge in [0.25, 0.3) is 0 Å². The van der Waals surface area contributed by atoms with Gasteiger partial charge in [0, 0.05) is 19.0 Å². The van der Waals surface area contributed by atoms with E-state index in [9.17, 15) is 4.79 Å². The van der Waals surface area contributed by atoms with Crippen LogP contribution < -0.4 is 10.6 Å². The Balaban J connectivity index is 1.72. The van der Waals surface area contributed by atoms with E-state index in [1.165, 1.54) is 25.7 Å². The molecule has 3 atom stereocenters. The lowest BCUT2D eigenvalue weighted by Gasteiger charge is -2.24. The highest BCUT2D eigenvalue weighted by atomic mass is 16.2. The fraction of sp³-hybridized carbons (Fsp3) is 0.846. The van der Waals surface area contributed by atoms with Crippen LogP contribution in [0.5, 0.6) is 0 Å². The third kappa shape index (κ3) is 3.19. The van der Waals surface area contributed by atoms with Gasteiger partial charge in [0.2, 0.25) is 5.91 Å². The van der Waals surface area contributed by atoms with Crippen molar-refractivity contribution in [3.63, 3.8) is 0 Å². The number of fused-ring (bicyclic) bond motifs is 1. The lowest BCUT2D eigenvalue weighted by Crippen LogP contribution is -2.43. The summed E-state index contributed by atoms with van der Waals surface area (Å²) in [6.45, 7) is 0.625. The molecule has 0 aromatic rings. The first kappa shape index (κ1) is 12.4. The highest BCUT2D eigenvalue weighted by molar-refractivity contribution is 5.82. The predicted octanol–water partition coefficient (Wildman–Crippen LogP) is 1.33. The number of carbonyl (C=O) groups excluding carboxylic acids is 1. The Morgan fingerprint density at radius 3 is 3.00 bits per heavy atom. The molecule has 1 aliphatic heterocycles. The fourth-order valence-electron chi connectivity index (χ4n) is 3.02. The number of carbonyl (C=O) groups is 1. The third-order valence-electron chi connectivity index (χ3n) is 3.94. The van der Waals surface area contributed by atoms with Crippen molar-refractivity contribution in [2.45, 2.75) is 57.0 Å². The number of hydrogen-bond acceptors (Lipinski definition) is 3. The van der Waals surface area contributed by atoms with Crippen LogP contribution in [-0.2, 0) is 4.79 Å². The van der Waals surface area contributed by atoms with Crippen molar-refractivity contribution in [3.05, 3.63) is 0 Å². The molecule has 1 heterocycles. The van der Waals surface area contributed by atoms with Gasteiger partial charge < -0.3 is 10.6 Å². The van der Waals surface area contributed by atoms with Gasteiger partial charge in [0.1, 0.15) is 0 Å². The Kier molecular flexibility index (Phi) is 4.38. The molecule has 1 saturated carbocycles. The highest BCUT2D eigenvalue weighted by Crippen LogP contribution is 2.33. The first-order valence-corrected chi connectivity index (χ1v) is 6.72. The van der Waals surface area contributed by atoms with E-state index in [2.05, 4.69) is 16.7 Å². The molecule has 0 spiro atoms. The van der Waals surface area contributed by atoms with E-state index in [1.54, 1.807) is 0 Å². The van der Waals surface area contributed by atoms with Crippen LogP contribution in [0, 0.1) is 17.2 Å². The lowest BCUT2D eigenvalue weighted by atomic mass is 9.85. The number of nitrogens with zero attached hydrogens (tertiary/aromatic N) is 1. The normalized spacial score (nSPS) is 31.6. The van der Waals surface area contributed by atoms with Crippen molar-refractivity contribution in [3.8, 4) is 6.07 Å². The quantitative estimate of drug-likeness (QED) is 0.722. The average Bonchev–Trinajstić information content (AvgIpc) is 2.78. The summed E-state index contributed by atoms with van der Waals surface area (Å²) in [7, 11) is 0. The zero-order valence-corrected chi connectivity index (χ0v) is 10.2. The van der Waals surface area contributed by atoms with Crippen LogP contribution in [0.1, 0.15) is 44.9 Å². The van der Waals surface area contributed by atoms with Crippen LogP contribution in [0.25, 0.3) is 0 Å². The van der Waals surface area contributed by atoms with Gasteiger partial charge in [0.05, 0.1) is 12.1 Å². The van der Waals surface area contributed by atoms with E-state index in [0.29, 0.717) is 24.9 Å². The minimum absolute atomic E-state index is 0.00480. The number of nitrogens with one attached hydrogen (secondary N) is 2. The van der Waals surface area contributed by atoms with Crippen LogP contribution in [0.3, 0.4) is 0 Å². The molecule has 1 amide bonds. The maximum atomic E-state index is 11.9. The second-order valence-electron chi connectivity index (χ2n) is 5.16. The van der Waals surface area contributed by atoms with E-state index in [0.717, 1.165) is 12.8 Å². The van der Waals surface area contributed by atoms with Crippen molar-refractivity contribution in [1.82, 2.24) is 10.6 Å². The molecular weight excluding hydrogens is 214 g/mol. The Hall–Kier alpha value is -1.08. The zero-order valence-electron chi connectivity index (χ0n) is 10.2. The maximum Gasteiger partial charge on any atom is 0.237 e. The van der Waals surface area contributed by atoms with Gasteiger partial charge in [-0.3, -0.25) is 4.79 Å². The molecule has 4 nitrogen and oxygen atoms in total. The molecule has 0 bridgehead atoms. The average molecular weight is 235 g/mol. The van der Waals surface area contributed by atoms with Gasteiger partial charge in [0.15, 0.2) is 0 Å². The van der Waals surface area contributed by atoms with Crippen molar-refractivity contribution < 1.29 is 4.79 Å². The lowest BCUT2D eigenvalue weighted by molar-refractivity contribution is -0.122. The molecule has 0 radical (unpaired) electrons. The number of amides is 1. The first-order valence-electron chi connectivity index (χ1n) is 6.72. The Labute approximate surface area is 103 Å². The summed E-state index contributed by atoms with van der Waals surface area (Å²) in [5.74, 6) is 0.830. The van der Waals surface area contributed by atoms with Crippen LogP contribution in [0.15, 0.2) is 0 Å². The molecule has 2 aliphatic rings. The Morgan fingerprint density at radius 1 is 1.41 bits per heavy atom. The van der Waals surface area contributed by atoms with Gasteiger partial charge in [-0.15, -0.1) is 0 Å². The number of rotatable bonds is 4. The van der Waals surface area contributed by atoms with Gasteiger partial charge in [-0.25, -0.2) is 0 Å². The number of hydrogen-bond donors (Lipinski definition) is 2. The molecule has 2 fully saturated rings. The van der Waals surface area contributed by atoms with E-state index in [-0.39, 0.29) is 11.9 Å². The Morgan fingerprint density at radius 2 is 2.24 bits per heavy atom. The molecule has 17 heavy (non-hydrogen) atoms. The van der Waals surface area contributed by atoms with Crippen LogP contribution in [0.2, 0.25) is 0 Å². The molecule has 1 aliphatic carbocycles. The van der Waals surface area contributed by atoms with Crippen molar-refractivity contribution in [2.24, 2.45) is 5.92 Å². The van der Waals surface area contributed by atoms with Gasteiger partial charge in [-0.1, -0.05) is 12.8 Å². The minimum Gasteiger partial charge on any atom is -0.355 e. The largest absolute Gasteiger partial charge is 0.355 e. The van der Waals surface area contributed by atoms with E-state index < -0.39 is 0 Å². The van der Waals surface area contributed by atoms with Crippen LogP contribution in [0.4, 0.5) is 0 Å². The monoisotopic (exact) mass is 235 g/mol. The molecule has 2 rings (SSSR count). The molecule has 0 aromatic carbocycles. The van der Waals surface area contributed by atoms with Gasteiger partial charge in [-0.2, -0.15) is 5.26 Å². The van der Waals surface area contributed by atoms with Gasteiger partial charge >= 0.3 is 0 Å². The van der Waals surface area contributed by atoms with E-state index in [4.69, 9.17) is 5.26 Å². The van der Waals surface area contributed by atoms with Crippen molar-refractivity contribution in [1.29, 1.82) is 5.26 Å². The molecule has 4 heteroatoms. The number of nitriles is 1. The fourth-order valence-corrected chi connectivity index (χ4v) is 3.02. The summed E-state index contributed by atoms with van der Waals surface area (Å²) in [6.07, 6.45) is 7.38. The third-order valence-corrected chi connectivity index (χ3v) is 3.94. The van der Waals surface area contributed by atoms with E-state index >= 15 is 0 Å². The van der Waals surface area contributed by atoms with Crippen LogP contribution in [-0.4, -0.2) is 24.5 Å². The van der Waals surface area contributed by atoms with Crippen molar-refractivity contribution >= 4 is 5.91 Å². The molecular formula is C13H21N3O. The maximum absolute atomic E-state index is 11.9. The standard InChI is InChI=1S/C13H21N3O/c14-7-3-4-8-15-13(17)12-9-10-5-1-2-6-11(10)16-12/h10-12,16H,1-6,8-9H2,(H,15,17). The predicted molar refractivity (Wildman–Crippen MR) is 65.1 cm³/mol. The summed E-state index contributed by atoms with van der Waals surface area (Å²) in [5, 5.41) is 14.8. The van der Waals surface area contributed by atoms with Crippen LogP contribution >= 0.6 is 0 Å². The first-order chi connectivity index (χ1) is 8.31. The molecule has 3 unspecified atom stereocenters. The van der Waals surface area contributed by atoms with Gasteiger partial charge in [-0.05, 0) is 31.6 Å². The molecule has 94 valence electrons. The van der Waals surface area contributed by atoms with E-state index in [1.807, 2.05) is 0 Å². The second-order valence-corrected chi connectivity index (χ2v) is 5.16. The smallest absolute Gasteiger partial charge is 0.237 e. The van der Waals surface area contributed by atoms with Crippen molar-refractivity contribution in [2.75, 3.05) is 6.54 Å². The summed E-state index contributed by atoms with van der Waals surface area (Å²) in [6, 6.07) is 2.66. The minimum atomic E-state index is 0.00480.